The van der Waals surface area contributed by atoms with Crippen LogP contribution in [0.5, 0.6) is 0 Å². The van der Waals surface area contributed by atoms with E-state index in [1.165, 1.54) is 0 Å². The fourth-order valence-electron chi connectivity index (χ4n) is 1.89. The van der Waals surface area contributed by atoms with Gasteiger partial charge in [0.15, 0.2) is 6.20 Å². The van der Waals surface area contributed by atoms with E-state index in [9.17, 15) is 23.7 Å². The lowest BCUT2D eigenvalue weighted by Crippen LogP contribution is -2.37. The van der Waals surface area contributed by atoms with Crippen molar-refractivity contribution in [3.05, 3.63) is 32.6 Å². The summed E-state index contributed by atoms with van der Waals surface area (Å²) in [6.07, 6.45) is 0.201. The molecule has 0 saturated carbocycles. The standard InChI is InChI=1S/C11H12FN2O8P/c1-2-6-4-14(10(17)13-8(6)16)9-7(15)3-11(12,22-9)5-21-23(18,19)20/h1,4,7,9,15H,3,5H2,(H,13,16,17)(H2,18,19,20)/t7-,9-,11+/m1/s1/i9D. The summed E-state index contributed by atoms with van der Waals surface area (Å²) in [6.45, 7) is -1.30. The number of terminal acetylenes is 1. The lowest BCUT2D eigenvalue weighted by molar-refractivity contribution is -0.178. The molecule has 0 radical (unpaired) electrons. The number of nitrogens with zero attached hydrogens (tertiary/aromatic N) is 1. The number of rotatable bonds is 4. The van der Waals surface area contributed by atoms with Gasteiger partial charge in [0, 0.05) is 12.6 Å². The lowest BCUT2D eigenvalue weighted by atomic mass is 10.2. The summed E-state index contributed by atoms with van der Waals surface area (Å²) in [6, 6.07) is 0. The first-order chi connectivity index (χ1) is 10.9. The molecule has 0 unspecified atom stereocenters. The van der Waals surface area contributed by atoms with Crippen LogP contribution < -0.4 is 11.2 Å². The van der Waals surface area contributed by atoms with E-state index < -0.39 is 50.3 Å². The average Bonchev–Trinajstić information content (AvgIpc) is 2.67. The maximum Gasteiger partial charge on any atom is 0.469 e. The normalized spacial score (nSPS) is 31.6. The average molecular weight is 351 g/mol. The first-order valence-electron chi connectivity index (χ1n) is 6.50. The predicted molar refractivity (Wildman–Crippen MR) is 71.8 cm³/mol. The molecule has 10 nitrogen and oxygen atoms in total. The number of aliphatic hydroxyl groups is 1. The minimum atomic E-state index is -5.03. The highest BCUT2D eigenvalue weighted by atomic mass is 31.2. The molecule has 0 spiro atoms. The van der Waals surface area contributed by atoms with Gasteiger partial charge in [-0.2, -0.15) is 0 Å². The number of hydrogen-bond donors (Lipinski definition) is 4. The molecule has 0 aliphatic carbocycles. The summed E-state index contributed by atoms with van der Waals surface area (Å²) in [5.74, 6) is -1.03. The molecule has 3 atom stereocenters. The number of ether oxygens (including phenoxy) is 1. The molecule has 2 rings (SSSR count). The number of hydrogen-bond acceptors (Lipinski definition) is 6. The molecule has 1 saturated heterocycles. The molecular weight excluding hydrogens is 338 g/mol. The number of phosphoric ester groups is 1. The van der Waals surface area contributed by atoms with E-state index >= 15 is 0 Å². The molecule has 1 aromatic rings. The molecule has 1 fully saturated rings. The van der Waals surface area contributed by atoms with Crippen LogP contribution in [0, 0.1) is 12.3 Å². The van der Waals surface area contributed by atoms with Crippen molar-refractivity contribution in [2.45, 2.75) is 24.6 Å². The van der Waals surface area contributed by atoms with Gasteiger partial charge < -0.3 is 19.6 Å². The summed E-state index contributed by atoms with van der Waals surface area (Å²) in [7, 11) is -5.03. The van der Waals surface area contributed by atoms with Gasteiger partial charge in [-0.3, -0.25) is 18.9 Å². The summed E-state index contributed by atoms with van der Waals surface area (Å²) in [4.78, 5) is 42.2. The van der Waals surface area contributed by atoms with Crippen LogP contribution in [0.15, 0.2) is 15.8 Å². The Morgan fingerprint density at radius 2 is 2.35 bits per heavy atom. The van der Waals surface area contributed by atoms with E-state index in [0.717, 1.165) is 6.20 Å². The Hall–Kier alpha value is -1.80. The van der Waals surface area contributed by atoms with Gasteiger partial charge in [0.1, 0.15) is 18.3 Å². The fraction of sp³-hybridized carbons (Fsp3) is 0.455. The first-order valence-corrected chi connectivity index (χ1v) is 7.53. The number of aromatic nitrogens is 2. The van der Waals surface area contributed by atoms with Crippen molar-refractivity contribution in [3.63, 3.8) is 0 Å². The van der Waals surface area contributed by atoms with Crippen LogP contribution in [0.1, 0.15) is 19.6 Å². The zero-order chi connectivity index (χ0) is 18.3. The second kappa shape index (κ2) is 6.01. The van der Waals surface area contributed by atoms with Crippen LogP contribution in [0.4, 0.5) is 4.39 Å². The van der Waals surface area contributed by atoms with Crippen molar-refractivity contribution in [2.75, 3.05) is 6.61 Å². The van der Waals surface area contributed by atoms with Crippen molar-refractivity contribution in [2.24, 2.45) is 0 Å². The van der Waals surface area contributed by atoms with Gasteiger partial charge in [0.2, 0.25) is 5.85 Å². The Balaban J connectivity index is 2.41. The van der Waals surface area contributed by atoms with Gasteiger partial charge in [-0.15, -0.1) is 6.42 Å². The highest BCUT2D eigenvalue weighted by molar-refractivity contribution is 7.46. The summed E-state index contributed by atoms with van der Waals surface area (Å²) >= 11 is 0. The molecule has 0 aromatic carbocycles. The summed E-state index contributed by atoms with van der Waals surface area (Å²) in [5.41, 5.74) is -2.50. The Kier molecular flexibility index (Phi) is 4.20. The molecule has 1 aliphatic rings. The molecule has 4 N–H and O–H groups in total. The second-order valence-corrected chi connectivity index (χ2v) is 5.86. The molecule has 0 bridgehead atoms. The molecule has 1 aliphatic heterocycles. The third-order valence-corrected chi connectivity index (χ3v) is 3.32. The summed E-state index contributed by atoms with van der Waals surface area (Å²) in [5, 5.41) is 9.92. The van der Waals surface area contributed by atoms with Crippen molar-refractivity contribution in [3.8, 4) is 12.3 Å². The molecule has 0 amide bonds. The second-order valence-electron chi connectivity index (χ2n) is 4.62. The van der Waals surface area contributed by atoms with E-state index in [0.29, 0.717) is 4.57 Å². The van der Waals surface area contributed by atoms with Crippen molar-refractivity contribution in [1.29, 1.82) is 0 Å². The number of aromatic amines is 1. The number of H-pyrrole nitrogens is 1. The van der Waals surface area contributed by atoms with Gasteiger partial charge in [-0.25, -0.2) is 13.8 Å². The molecule has 23 heavy (non-hydrogen) atoms. The van der Waals surface area contributed by atoms with Gasteiger partial charge in [0.25, 0.3) is 5.56 Å². The highest BCUT2D eigenvalue weighted by Gasteiger charge is 2.49. The molecule has 126 valence electrons. The first kappa shape index (κ1) is 16.1. The van der Waals surface area contributed by atoms with Gasteiger partial charge in [-0.1, -0.05) is 5.92 Å². The Morgan fingerprint density at radius 3 is 2.91 bits per heavy atom. The number of aliphatic hydroxyl groups excluding tert-OH is 1. The van der Waals surface area contributed by atoms with Crippen molar-refractivity contribution >= 4 is 7.82 Å². The van der Waals surface area contributed by atoms with Crippen LogP contribution in [0.2, 0.25) is 0 Å². The highest BCUT2D eigenvalue weighted by Crippen LogP contribution is 2.42. The molecule has 2 heterocycles. The van der Waals surface area contributed by atoms with Crippen molar-refractivity contribution in [1.82, 2.24) is 9.55 Å². The van der Waals surface area contributed by atoms with Gasteiger partial charge in [0.05, 0.1) is 1.37 Å². The number of alkyl halides is 1. The lowest BCUT2D eigenvalue weighted by Gasteiger charge is -2.21. The quantitative estimate of drug-likeness (QED) is 0.381. The largest absolute Gasteiger partial charge is 0.469 e. The maximum atomic E-state index is 14.5. The van der Waals surface area contributed by atoms with Crippen LogP contribution in [-0.4, -0.2) is 43.0 Å². The Labute approximate surface area is 129 Å². The topological polar surface area (TPSA) is 151 Å². The number of halogens is 1. The Bertz CT molecular complexity index is 859. The maximum absolute atomic E-state index is 14.5. The van der Waals surface area contributed by atoms with Crippen LogP contribution in [-0.2, 0) is 13.8 Å². The SMILES string of the molecule is [2H][C@@]1(n2cc(C#C)c(=O)[nH]c2=O)O[C@](F)(COP(=O)(O)O)C[C@H]1O. The van der Waals surface area contributed by atoms with E-state index in [2.05, 4.69) is 4.52 Å². The molecule has 12 heteroatoms. The van der Waals surface area contributed by atoms with Crippen LogP contribution in [0.3, 0.4) is 0 Å². The molecular formula is C11H12FN2O8P. The number of phosphoric acid groups is 1. The predicted octanol–water partition coefficient (Wildman–Crippen LogP) is -1.43. The fourth-order valence-corrected chi connectivity index (χ4v) is 2.25. The van der Waals surface area contributed by atoms with E-state index in [4.69, 9.17) is 22.3 Å². The zero-order valence-corrected chi connectivity index (χ0v) is 12.2. The van der Waals surface area contributed by atoms with Gasteiger partial charge in [-0.05, 0) is 0 Å². The van der Waals surface area contributed by atoms with E-state index in [-0.39, 0.29) is 5.56 Å². The number of nitrogens with one attached hydrogen (secondary N) is 1. The minimum absolute atomic E-state index is 0.368. The monoisotopic (exact) mass is 351 g/mol. The zero-order valence-electron chi connectivity index (χ0n) is 12.3. The Morgan fingerprint density at radius 1 is 1.70 bits per heavy atom. The third-order valence-electron chi connectivity index (χ3n) is 2.85. The van der Waals surface area contributed by atoms with E-state index in [1.54, 1.807) is 4.98 Å². The van der Waals surface area contributed by atoms with Crippen LogP contribution >= 0.6 is 7.82 Å². The molecule has 1 aromatic heterocycles. The van der Waals surface area contributed by atoms with Crippen molar-refractivity contribution < 1.29 is 34.5 Å². The van der Waals surface area contributed by atoms with Gasteiger partial charge >= 0.3 is 13.5 Å². The smallest absolute Gasteiger partial charge is 0.388 e. The van der Waals surface area contributed by atoms with E-state index in [1.807, 2.05) is 5.92 Å². The van der Waals surface area contributed by atoms with Crippen LogP contribution in [0.25, 0.3) is 0 Å². The minimum Gasteiger partial charge on any atom is -0.388 e. The third kappa shape index (κ3) is 3.94. The summed E-state index contributed by atoms with van der Waals surface area (Å²) < 4.78 is 42.2.